The number of imide groups is 1. The molecule has 1 saturated heterocycles. The Balaban J connectivity index is 1.30. The maximum Gasteiger partial charge on any atom is 0.332 e. The number of benzene rings is 3. The molecule has 7 heteroatoms. The number of fused-ring (bicyclic) bond motifs is 4. The molecule has 202 valence electrons. The van der Waals surface area contributed by atoms with Crippen LogP contribution in [0.2, 0.25) is 0 Å². The first-order chi connectivity index (χ1) is 19.5. The fraction of sp³-hybridized carbons (Fsp3) is 0.303. The maximum atomic E-state index is 14.3. The third-order valence-electron chi connectivity index (χ3n) is 8.77. The van der Waals surface area contributed by atoms with E-state index in [1.54, 1.807) is 29.2 Å². The minimum atomic E-state index is -0.667. The second kappa shape index (κ2) is 9.66. The number of para-hydroxylation sites is 2. The Hall–Kier alpha value is -4.39. The van der Waals surface area contributed by atoms with E-state index >= 15 is 0 Å². The number of H-pyrrole nitrogens is 1. The highest BCUT2D eigenvalue weighted by molar-refractivity contribution is 6.24. The van der Waals surface area contributed by atoms with Gasteiger partial charge in [0, 0.05) is 29.1 Å². The van der Waals surface area contributed by atoms with Crippen molar-refractivity contribution in [2.75, 3.05) is 4.90 Å². The number of nitrogens with one attached hydrogen (secondary N) is 2. The zero-order valence-corrected chi connectivity index (χ0v) is 22.5. The highest BCUT2D eigenvalue weighted by Crippen LogP contribution is 2.45. The van der Waals surface area contributed by atoms with Crippen LogP contribution in [0.15, 0.2) is 72.8 Å². The summed E-state index contributed by atoms with van der Waals surface area (Å²) in [5.41, 5.74) is 5.75. The molecule has 7 rings (SSSR count). The number of aryl methyl sites for hydroxylation is 1. The molecule has 7 nitrogen and oxygen atoms in total. The predicted octanol–water partition coefficient (Wildman–Crippen LogP) is 6.02. The summed E-state index contributed by atoms with van der Waals surface area (Å²) in [5.74, 6) is -0.532. The van der Waals surface area contributed by atoms with Crippen LogP contribution in [0.3, 0.4) is 0 Å². The summed E-state index contributed by atoms with van der Waals surface area (Å²) < 4.78 is 0. The van der Waals surface area contributed by atoms with Crippen LogP contribution >= 0.6 is 0 Å². The van der Waals surface area contributed by atoms with Gasteiger partial charge in [0.25, 0.3) is 11.8 Å². The molecule has 3 heterocycles. The van der Waals surface area contributed by atoms with E-state index in [4.69, 9.17) is 0 Å². The van der Waals surface area contributed by atoms with Crippen LogP contribution in [0.4, 0.5) is 10.5 Å². The first-order valence-electron chi connectivity index (χ1n) is 14.2. The van der Waals surface area contributed by atoms with E-state index in [9.17, 15) is 14.4 Å². The largest absolute Gasteiger partial charge is 0.356 e. The van der Waals surface area contributed by atoms with E-state index in [2.05, 4.69) is 16.4 Å². The number of anilines is 1. The van der Waals surface area contributed by atoms with Gasteiger partial charge < -0.3 is 10.3 Å². The van der Waals surface area contributed by atoms with Crippen molar-refractivity contribution in [2.45, 2.75) is 63.6 Å². The lowest BCUT2D eigenvalue weighted by Gasteiger charge is -2.36. The molecule has 0 radical (unpaired) electrons. The van der Waals surface area contributed by atoms with E-state index < -0.39 is 18.1 Å². The number of rotatable bonds is 4. The number of aromatic nitrogens is 1. The number of carbonyl (C=O) groups excluding carboxylic acids is 3. The van der Waals surface area contributed by atoms with Gasteiger partial charge in [0.15, 0.2) is 0 Å². The monoisotopic (exact) mass is 532 g/mol. The number of urea groups is 1. The van der Waals surface area contributed by atoms with Crippen LogP contribution in [0, 0.1) is 6.92 Å². The molecule has 1 aromatic heterocycles. The van der Waals surface area contributed by atoms with Gasteiger partial charge in [-0.1, -0.05) is 79.4 Å². The second-order valence-corrected chi connectivity index (χ2v) is 11.3. The topological polar surface area (TPSA) is 85.5 Å². The Morgan fingerprint density at radius 1 is 0.900 bits per heavy atom. The molecule has 40 heavy (non-hydrogen) atoms. The SMILES string of the molecule is Cc1ccc(C2c3[nH]c4ccccc4c3C[C@H]3C(=O)N(c4ccccc4C(=O)NC4CCCCC4)C(=O)N23)cc1. The van der Waals surface area contributed by atoms with Gasteiger partial charge in [-0.3, -0.25) is 14.5 Å². The van der Waals surface area contributed by atoms with Crippen LogP contribution in [0.5, 0.6) is 0 Å². The fourth-order valence-corrected chi connectivity index (χ4v) is 6.76. The van der Waals surface area contributed by atoms with Gasteiger partial charge in [-0.2, -0.15) is 0 Å². The highest BCUT2D eigenvalue weighted by Gasteiger charge is 2.53. The van der Waals surface area contributed by atoms with Crippen molar-refractivity contribution in [3.63, 3.8) is 0 Å². The van der Waals surface area contributed by atoms with Crippen molar-refractivity contribution in [3.05, 3.63) is 101 Å². The molecule has 1 unspecified atom stereocenters. The Kier molecular flexibility index (Phi) is 5.95. The molecular weight excluding hydrogens is 500 g/mol. The van der Waals surface area contributed by atoms with E-state index in [1.807, 2.05) is 49.4 Å². The van der Waals surface area contributed by atoms with Gasteiger partial charge in [0.05, 0.1) is 11.3 Å². The average molecular weight is 533 g/mol. The lowest BCUT2D eigenvalue weighted by molar-refractivity contribution is -0.120. The van der Waals surface area contributed by atoms with Crippen LogP contribution < -0.4 is 10.2 Å². The molecule has 3 aliphatic rings. The number of hydrogen-bond acceptors (Lipinski definition) is 3. The average Bonchev–Trinajstić information content (AvgIpc) is 3.47. The van der Waals surface area contributed by atoms with E-state index in [-0.39, 0.29) is 17.9 Å². The van der Waals surface area contributed by atoms with Crippen molar-refractivity contribution >= 4 is 34.4 Å². The minimum absolute atomic E-state index is 0.120. The van der Waals surface area contributed by atoms with Crippen molar-refractivity contribution in [3.8, 4) is 0 Å². The molecule has 0 spiro atoms. The summed E-state index contributed by atoms with van der Waals surface area (Å²) in [6.07, 6.45) is 5.71. The number of amides is 4. The first-order valence-corrected chi connectivity index (χ1v) is 14.2. The van der Waals surface area contributed by atoms with Gasteiger partial charge in [-0.05, 0) is 49.1 Å². The third kappa shape index (κ3) is 3.91. The lowest BCUT2D eigenvalue weighted by atomic mass is 9.88. The van der Waals surface area contributed by atoms with Crippen molar-refractivity contribution < 1.29 is 14.4 Å². The zero-order chi connectivity index (χ0) is 27.4. The summed E-state index contributed by atoms with van der Waals surface area (Å²) in [5, 5.41) is 4.22. The lowest BCUT2D eigenvalue weighted by Crippen LogP contribution is -2.44. The highest BCUT2D eigenvalue weighted by atomic mass is 16.2. The molecule has 2 N–H and O–H groups in total. The van der Waals surface area contributed by atoms with Crippen LogP contribution in [-0.4, -0.2) is 39.8 Å². The fourth-order valence-electron chi connectivity index (χ4n) is 6.76. The first kappa shape index (κ1) is 24.6. The molecule has 2 fully saturated rings. The van der Waals surface area contributed by atoms with E-state index in [0.717, 1.165) is 59.0 Å². The molecule has 3 aromatic carbocycles. The molecule has 2 atom stereocenters. The number of nitrogens with zero attached hydrogens (tertiary/aromatic N) is 2. The predicted molar refractivity (Wildman–Crippen MR) is 154 cm³/mol. The minimum Gasteiger partial charge on any atom is -0.356 e. The summed E-state index contributed by atoms with van der Waals surface area (Å²) in [6.45, 7) is 2.03. The van der Waals surface area contributed by atoms with Gasteiger partial charge in [-0.15, -0.1) is 0 Å². The van der Waals surface area contributed by atoms with Gasteiger partial charge >= 0.3 is 6.03 Å². The van der Waals surface area contributed by atoms with Crippen LogP contribution in [-0.2, 0) is 11.2 Å². The third-order valence-corrected chi connectivity index (χ3v) is 8.77. The standard InChI is InChI=1S/C33H32N4O3/c1-20-15-17-21(18-16-20)30-29-25(23-11-5-7-13-26(23)35-29)19-28-32(39)37(33(40)36(28)30)27-14-8-6-12-24(27)31(38)34-22-9-3-2-4-10-22/h5-8,11-18,22,28,30,35H,2-4,9-10,19H2,1H3,(H,34,38)/t28-,30?/m0/s1. The summed E-state index contributed by atoms with van der Waals surface area (Å²) in [4.78, 5) is 48.4. The number of aromatic amines is 1. The van der Waals surface area contributed by atoms with Gasteiger partial charge in [-0.25, -0.2) is 9.69 Å². The van der Waals surface area contributed by atoms with E-state index in [1.165, 1.54) is 11.3 Å². The van der Waals surface area contributed by atoms with Crippen molar-refractivity contribution in [2.24, 2.45) is 0 Å². The molecule has 1 saturated carbocycles. The number of carbonyl (C=O) groups is 3. The summed E-state index contributed by atoms with van der Waals surface area (Å²) in [6, 6.07) is 21.8. The maximum absolute atomic E-state index is 14.3. The molecule has 4 amide bonds. The summed E-state index contributed by atoms with van der Waals surface area (Å²) in [7, 11) is 0. The molecule has 2 aliphatic heterocycles. The Bertz CT molecular complexity index is 1630. The Morgan fingerprint density at radius 3 is 2.42 bits per heavy atom. The zero-order valence-electron chi connectivity index (χ0n) is 22.5. The Morgan fingerprint density at radius 2 is 1.62 bits per heavy atom. The van der Waals surface area contributed by atoms with Gasteiger partial charge in [0.2, 0.25) is 0 Å². The molecule has 1 aliphatic carbocycles. The van der Waals surface area contributed by atoms with Gasteiger partial charge in [0.1, 0.15) is 12.1 Å². The van der Waals surface area contributed by atoms with Crippen molar-refractivity contribution in [1.82, 2.24) is 15.2 Å². The number of hydrogen-bond donors (Lipinski definition) is 2. The normalized spacial score (nSPS) is 21.0. The molecule has 0 bridgehead atoms. The summed E-state index contributed by atoms with van der Waals surface area (Å²) >= 11 is 0. The quantitative estimate of drug-likeness (QED) is 0.315. The van der Waals surface area contributed by atoms with Crippen molar-refractivity contribution in [1.29, 1.82) is 0 Å². The second-order valence-electron chi connectivity index (χ2n) is 11.3. The molecular formula is C33H32N4O3. The Labute approximate surface area is 233 Å². The van der Waals surface area contributed by atoms with Crippen LogP contribution in [0.1, 0.15) is 70.9 Å². The van der Waals surface area contributed by atoms with Crippen LogP contribution in [0.25, 0.3) is 10.9 Å². The van der Waals surface area contributed by atoms with E-state index in [0.29, 0.717) is 17.7 Å². The smallest absolute Gasteiger partial charge is 0.332 e. The molecule has 4 aromatic rings.